The lowest BCUT2D eigenvalue weighted by Crippen LogP contribution is -2.41. The Morgan fingerprint density at radius 2 is 2.14 bits per heavy atom. The Bertz CT molecular complexity index is 517. The molecule has 2 aliphatic rings. The zero-order valence-corrected chi connectivity index (χ0v) is 11.7. The van der Waals surface area contributed by atoms with Gasteiger partial charge in [0.15, 0.2) is 0 Å². The number of ether oxygens (including phenoxy) is 2. The Kier molecular flexibility index (Phi) is 4.07. The number of amides is 1. The summed E-state index contributed by atoms with van der Waals surface area (Å²) >= 11 is 0. The van der Waals surface area contributed by atoms with Gasteiger partial charge in [0.2, 0.25) is 0 Å². The van der Waals surface area contributed by atoms with Crippen molar-refractivity contribution in [2.24, 2.45) is 0 Å². The number of halogens is 1. The molecule has 1 atom stereocenters. The van der Waals surface area contributed by atoms with Gasteiger partial charge in [-0.25, -0.2) is 9.18 Å². The molecule has 5 nitrogen and oxygen atoms in total. The van der Waals surface area contributed by atoms with E-state index in [1.807, 2.05) is 0 Å². The van der Waals surface area contributed by atoms with Crippen LogP contribution in [0.3, 0.4) is 0 Å². The first-order chi connectivity index (χ1) is 10.2. The predicted molar refractivity (Wildman–Crippen MR) is 75.7 cm³/mol. The van der Waals surface area contributed by atoms with Crippen LogP contribution in [0.4, 0.5) is 14.9 Å². The standard InChI is InChI=1S/C15H19FN2O3/c16-12-3-1-2-4-13(12)18-14(19)21-11-9-15(20-10-11)5-7-17-8-6-15/h1-4,11,17H,5-10H2,(H,18,19). The van der Waals surface area contributed by atoms with Crippen molar-refractivity contribution in [3.8, 4) is 0 Å². The minimum atomic E-state index is -0.639. The molecule has 2 fully saturated rings. The molecule has 0 bridgehead atoms. The van der Waals surface area contributed by atoms with Gasteiger partial charge in [0.1, 0.15) is 11.9 Å². The van der Waals surface area contributed by atoms with E-state index in [0.717, 1.165) is 25.9 Å². The van der Waals surface area contributed by atoms with Crippen LogP contribution >= 0.6 is 0 Å². The third-order valence-corrected chi connectivity index (χ3v) is 4.07. The molecule has 2 N–H and O–H groups in total. The molecular weight excluding hydrogens is 275 g/mol. The van der Waals surface area contributed by atoms with Crippen molar-refractivity contribution in [1.82, 2.24) is 5.32 Å². The van der Waals surface area contributed by atoms with Gasteiger partial charge in [-0.1, -0.05) is 12.1 Å². The number of piperidine rings is 1. The van der Waals surface area contributed by atoms with Crippen molar-refractivity contribution in [1.29, 1.82) is 0 Å². The van der Waals surface area contributed by atoms with Crippen molar-refractivity contribution < 1.29 is 18.7 Å². The van der Waals surface area contributed by atoms with Crippen LogP contribution in [0.15, 0.2) is 24.3 Å². The summed E-state index contributed by atoms with van der Waals surface area (Å²) in [5.41, 5.74) is -0.0354. The highest BCUT2D eigenvalue weighted by Crippen LogP contribution is 2.35. The fourth-order valence-electron chi connectivity index (χ4n) is 2.96. The van der Waals surface area contributed by atoms with Gasteiger partial charge in [-0.2, -0.15) is 0 Å². The van der Waals surface area contributed by atoms with Crippen LogP contribution in [-0.4, -0.2) is 37.5 Å². The summed E-state index contributed by atoms with van der Waals surface area (Å²) in [6.45, 7) is 2.26. The first-order valence-corrected chi connectivity index (χ1v) is 7.24. The minimum Gasteiger partial charge on any atom is -0.443 e. The largest absolute Gasteiger partial charge is 0.443 e. The first-order valence-electron chi connectivity index (χ1n) is 7.24. The van der Waals surface area contributed by atoms with Crippen LogP contribution in [0.2, 0.25) is 0 Å². The zero-order valence-electron chi connectivity index (χ0n) is 11.7. The van der Waals surface area contributed by atoms with E-state index in [4.69, 9.17) is 9.47 Å². The van der Waals surface area contributed by atoms with Gasteiger partial charge in [-0.15, -0.1) is 0 Å². The second-order valence-corrected chi connectivity index (χ2v) is 5.58. The molecule has 21 heavy (non-hydrogen) atoms. The maximum Gasteiger partial charge on any atom is 0.412 e. The summed E-state index contributed by atoms with van der Waals surface area (Å²) in [4.78, 5) is 11.8. The Labute approximate surface area is 122 Å². The second kappa shape index (κ2) is 5.99. The van der Waals surface area contributed by atoms with Gasteiger partial charge in [-0.05, 0) is 38.1 Å². The lowest BCUT2D eigenvalue weighted by molar-refractivity contribution is -0.0211. The van der Waals surface area contributed by atoms with Gasteiger partial charge in [0.05, 0.1) is 17.9 Å². The Hall–Kier alpha value is -1.66. The number of hydrogen-bond acceptors (Lipinski definition) is 4. The molecule has 2 saturated heterocycles. The lowest BCUT2D eigenvalue weighted by Gasteiger charge is -2.32. The van der Waals surface area contributed by atoms with E-state index in [2.05, 4.69) is 10.6 Å². The van der Waals surface area contributed by atoms with Crippen LogP contribution in [0, 0.1) is 5.82 Å². The number of benzene rings is 1. The van der Waals surface area contributed by atoms with Crippen LogP contribution in [0.5, 0.6) is 0 Å². The molecule has 1 amide bonds. The maximum atomic E-state index is 13.4. The summed E-state index contributed by atoms with van der Waals surface area (Å²) in [7, 11) is 0. The van der Waals surface area contributed by atoms with Crippen molar-refractivity contribution >= 4 is 11.8 Å². The summed E-state index contributed by atoms with van der Waals surface area (Å²) in [5.74, 6) is -0.480. The molecule has 2 heterocycles. The van der Waals surface area contributed by atoms with Crippen molar-refractivity contribution in [2.45, 2.75) is 31.0 Å². The molecule has 0 aromatic heterocycles. The van der Waals surface area contributed by atoms with Gasteiger partial charge in [0.25, 0.3) is 0 Å². The van der Waals surface area contributed by atoms with E-state index in [0.29, 0.717) is 13.0 Å². The maximum absolute atomic E-state index is 13.4. The molecule has 1 aromatic rings. The molecule has 1 spiro atoms. The van der Waals surface area contributed by atoms with E-state index < -0.39 is 11.9 Å². The van der Waals surface area contributed by atoms with Crippen LogP contribution < -0.4 is 10.6 Å². The smallest absolute Gasteiger partial charge is 0.412 e. The van der Waals surface area contributed by atoms with Gasteiger partial charge in [-0.3, -0.25) is 5.32 Å². The first kappa shape index (κ1) is 14.3. The third-order valence-electron chi connectivity index (χ3n) is 4.07. The van der Waals surface area contributed by atoms with Crippen molar-refractivity contribution in [2.75, 3.05) is 25.0 Å². The molecule has 0 saturated carbocycles. The van der Waals surface area contributed by atoms with E-state index in [1.54, 1.807) is 12.1 Å². The number of rotatable bonds is 2. The average Bonchev–Trinajstić information content (AvgIpc) is 2.84. The monoisotopic (exact) mass is 294 g/mol. The second-order valence-electron chi connectivity index (χ2n) is 5.58. The lowest BCUT2D eigenvalue weighted by atomic mass is 9.89. The summed E-state index contributed by atoms with van der Waals surface area (Å²) < 4.78 is 24.6. The molecule has 6 heteroatoms. The molecule has 114 valence electrons. The Morgan fingerprint density at radius 1 is 1.38 bits per heavy atom. The molecule has 1 unspecified atom stereocenters. The van der Waals surface area contributed by atoms with Gasteiger partial charge in [0, 0.05) is 6.42 Å². The van der Waals surface area contributed by atoms with Gasteiger partial charge >= 0.3 is 6.09 Å². The Balaban J connectivity index is 1.53. The topological polar surface area (TPSA) is 59.6 Å². The van der Waals surface area contributed by atoms with E-state index >= 15 is 0 Å². The third kappa shape index (κ3) is 3.33. The SMILES string of the molecule is O=C(Nc1ccccc1F)OC1COC2(CCNCC2)C1. The predicted octanol–water partition coefficient (Wildman–Crippen LogP) is 2.29. The number of para-hydroxylation sites is 1. The van der Waals surface area contributed by atoms with Crippen LogP contribution in [-0.2, 0) is 9.47 Å². The number of carbonyl (C=O) groups excluding carboxylic acids is 1. The molecule has 0 radical (unpaired) electrons. The normalized spacial score (nSPS) is 24.0. The highest BCUT2D eigenvalue weighted by molar-refractivity contribution is 5.84. The number of hydrogen-bond donors (Lipinski definition) is 2. The molecule has 2 aliphatic heterocycles. The van der Waals surface area contributed by atoms with Gasteiger partial charge < -0.3 is 14.8 Å². The number of nitrogens with one attached hydrogen (secondary N) is 2. The molecule has 0 aliphatic carbocycles. The summed E-state index contributed by atoms with van der Waals surface area (Å²) in [5, 5.41) is 5.71. The Morgan fingerprint density at radius 3 is 2.90 bits per heavy atom. The zero-order chi connectivity index (χ0) is 14.7. The van der Waals surface area contributed by atoms with Crippen LogP contribution in [0.1, 0.15) is 19.3 Å². The summed E-state index contributed by atoms with van der Waals surface area (Å²) in [6, 6.07) is 6.01. The van der Waals surface area contributed by atoms with Crippen molar-refractivity contribution in [3.05, 3.63) is 30.1 Å². The fourth-order valence-corrected chi connectivity index (χ4v) is 2.96. The molecular formula is C15H19FN2O3. The van der Waals surface area contributed by atoms with E-state index in [-0.39, 0.29) is 17.4 Å². The highest BCUT2D eigenvalue weighted by atomic mass is 19.1. The van der Waals surface area contributed by atoms with E-state index in [1.165, 1.54) is 12.1 Å². The minimum absolute atomic E-state index is 0.123. The number of anilines is 1. The average molecular weight is 294 g/mol. The molecule has 3 rings (SSSR count). The van der Waals surface area contributed by atoms with Crippen LogP contribution in [0.25, 0.3) is 0 Å². The summed E-state index contributed by atoms with van der Waals surface area (Å²) in [6.07, 6.45) is 1.66. The fraction of sp³-hybridized carbons (Fsp3) is 0.533. The van der Waals surface area contributed by atoms with Crippen molar-refractivity contribution in [3.63, 3.8) is 0 Å². The van der Waals surface area contributed by atoms with E-state index in [9.17, 15) is 9.18 Å². The number of carbonyl (C=O) groups is 1. The quantitative estimate of drug-likeness (QED) is 0.878. The molecule has 1 aromatic carbocycles. The highest BCUT2D eigenvalue weighted by Gasteiger charge is 2.42.